The summed E-state index contributed by atoms with van der Waals surface area (Å²) in [5.41, 5.74) is 0.397. The molecule has 0 nitrogen and oxygen atoms in total. The SMILES string of the molecule is CC(C)C(C)([S])C(C)CC(C)(C)C. The highest BCUT2D eigenvalue weighted by molar-refractivity contribution is 7.81. The lowest BCUT2D eigenvalue weighted by Gasteiger charge is -2.37. The highest BCUT2D eigenvalue weighted by atomic mass is 32.1. The van der Waals surface area contributed by atoms with Crippen molar-refractivity contribution in [3.05, 3.63) is 0 Å². The van der Waals surface area contributed by atoms with Gasteiger partial charge in [0.1, 0.15) is 0 Å². The standard InChI is InChI=1S/C12H25S/c1-9(2)12(7,13)10(3)8-11(4,5)6/h9-10H,8H2,1-7H3. The maximum atomic E-state index is 5.66. The van der Waals surface area contributed by atoms with E-state index in [9.17, 15) is 0 Å². The Morgan fingerprint density at radius 2 is 1.38 bits per heavy atom. The lowest BCUT2D eigenvalue weighted by atomic mass is 9.76. The Kier molecular flexibility index (Phi) is 4.36. The minimum atomic E-state index is 0.0489. The van der Waals surface area contributed by atoms with E-state index in [1.165, 1.54) is 6.42 Å². The first-order valence-corrected chi connectivity index (χ1v) is 5.68. The molecule has 0 bridgehead atoms. The van der Waals surface area contributed by atoms with Gasteiger partial charge in [-0.2, -0.15) is 0 Å². The van der Waals surface area contributed by atoms with Gasteiger partial charge in [0.05, 0.1) is 0 Å². The second-order valence-corrected chi connectivity index (χ2v) is 6.88. The Morgan fingerprint density at radius 1 is 1.00 bits per heavy atom. The summed E-state index contributed by atoms with van der Waals surface area (Å²) in [5.74, 6) is 1.20. The fourth-order valence-corrected chi connectivity index (χ4v) is 1.77. The predicted octanol–water partition coefficient (Wildman–Crippen LogP) is 4.67. The Hall–Kier alpha value is 0.350. The first kappa shape index (κ1) is 13.4. The molecule has 0 amide bonds. The third-order valence-corrected chi connectivity index (χ3v) is 3.92. The average Bonchev–Trinajstić information content (AvgIpc) is 1.82. The summed E-state index contributed by atoms with van der Waals surface area (Å²) in [6.45, 7) is 15.8. The fourth-order valence-electron chi connectivity index (χ4n) is 1.69. The molecule has 1 heteroatoms. The molecule has 0 aliphatic carbocycles. The molecule has 0 fully saturated rings. The van der Waals surface area contributed by atoms with E-state index in [0.29, 0.717) is 17.3 Å². The molecule has 0 aliphatic heterocycles. The van der Waals surface area contributed by atoms with Crippen molar-refractivity contribution in [2.45, 2.75) is 59.6 Å². The van der Waals surface area contributed by atoms with Gasteiger partial charge in [-0.25, -0.2) is 0 Å². The van der Waals surface area contributed by atoms with Crippen molar-refractivity contribution in [1.82, 2.24) is 0 Å². The smallest absolute Gasteiger partial charge is 0.0284 e. The molecule has 0 N–H and O–H groups in total. The third-order valence-electron chi connectivity index (χ3n) is 3.04. The first-order valence-electron chi connectivity index (χ1n) is 5.28. The maximum absolute atomic E-state index is 5.66. The first-order chi connectivity index (χ1) is 5.57. The molecule has 0 rings (SSSR count). The van der Waals surface area contributed by atoms with E-state index in [4.69, 9.17) is 12.6 Å². The molecule has 0 aromatic heterocycles. The van der Waals surface area contributed by atoms with Crippen LogP contribution in [0, 0.1) is 17.3 Å². The van der Waals surface area contributed by atoms with Crippen molar-refractivity contribution >= 4 is 12.6 Å². The van der Waals surface area contributed by atoms with Gasteiger partial charge in [-0.15, -0.1) is 0 Å². The molecule has 0 aliphatic rings. The summed E-state index contributed by atoms with van der Waals surface area (Å²) < 4.78 is 0.0489. The van der Waals surface area contributed by atoms with Gasteiger partial charge < -0.3 is 0 Å². The van der Waals surface area contributed by atoms with Crippen LogP contribution in [-0.2, 0) is 0 Å². The Labute approximate surface area is 89.9 Å². The van der Waals surface area contributed by atoms with Crippen LogP contribution < -0.4 is 0 Å². The van der Waals surface area contributed by atoms with Gasteiger partial charge in [-0.1, -0.05) is 54.2 Å². The van der Waals surface area contributed by atoms with Crippen LogP contribution in [0.25, 0.3) is 0 Å². The van der Waals surface area contributed by atoms with Gasteiger partial charge in [0.15, 0.2) is 0 Å². The van der Waals surface area contributed by atoms with E-state index in [2.05, 4.69) is 48.5 Å². The minimum absolute atomic E-state index is 0.0489. The quantitative estimate of drug-likeness (QED) is 0.622. The van der Waals surface area contributed by atoms with Crippen molar-refractivity contribution in [1.29, 1.82) is 0 Å². The van der Waals surface area contributed by atoms with E-state index < -0.39 is 0 Å². The lowest BCUT2D eigenvalue weighted by molar-refractivity contribution is 0.238. The summed E-state index contributed by atoms with van der Waals surface area (Å²) in [6.07, 6.45) is 1.21. The Morgan fingerprint density at radius 3 is 1.62 bits per heavy atom. The minimum Gasteiger partial charge on any atom is -0.0865 e. The van der Waals surface area contributed by atoms with Crippen LogP contribution >= 0.6 is 12.6 Å². The molecular weight excluding hydrogens is 176 g/mol. The molecule has 2 atom stereocenters. The molecule has 13 heavy (non-hydrogen) atoms. The van der Waals surface area contributed by atoms with E-state index in [1.807, 2.05) is 0 Å². The fraction of sp³-hybridized carbons (Fsp3) is 1.00. The molecule has 0 aromatic rings. The average molecular weight is 201 g/mol. The lowest BCUT2D eigenvalue weighted by Crippen LogP contribution is -2.34. The van der Waals surface area contributed by atoms with Gasteiger partial charge >= 0.3 is 0 Å². The predicted molar refractivity (Wildman–Crippen MR) is 64.1 cm³/mol. The van der Waals surface area contributed by atoms with Crippen LogP contribution in [0.15, 0.2) is 0 Å². The van der Waals surface area contributed by atoms with E-state index in [-0.39, 0.29) is 4.75 Å². The second kappa shape index (κ2) is 4.25. The number of hydrogen-bond acceptors (Lipinski definition) is 0. The van der Waals surface area contributed by atoms with Gasteiger partial charge in [0.25, 0.3) is 0 Å². The molecular formula is C12H25S. The summed E-state index contributed by atoms with van der Waals surface area (Å²) in [4.78, 5) is 0. The summed E-state index contributed by atoms with van der Waals surface area (Å²) in [6, 6.07) is 0. The second-order valence-electron chi connectivity index (χ2n) is 6.00. The zero-order valence-electron chi connectivity index (χ0n) is 10.3. The van der Waals surface area contributed by atoms with Crippen molar-refractivity contribution in [2.75, 3.05) is 0 Å². The largest absolute Gasteiger partial charge is 0.0865 e. The Bertz CT molecular complexity index is 151. The maximum Gasteiger partial charge on any atom is 0.0284 e. The van der Waals surface area contributed by atoms with Crippen LogP contribution in [0.1, 0.15) is 54.9 Å². The highest BCUT2D eigenvalue weighted by Crippen LogP contribution is 2.38. The summed E-state index contributed by atoms with van der Waals surface area (Å²) in [5, 5.41) is 0. The summed E-state index contributed by atoms with van der Waals surface area (Å²) >= 11 is 5.66. The molecule has 79 valence electrons. The van der Waals surface area contributed by atoms with Crippen molar-refractivity contribution in [2.24, 2.45) is 17.3 Å². The van der Waals surface area contributed by atoms with Crippen LogP contribution in [0.3, 0.4) is 0 Å². The number of hydrogen-bond donors (Lipinski definition) is 0. The van der Waals surface area contributed by atoms with E-state index in [1.54, 1.807) is 0 Å². The van der Waals surface area contributed by atoms with Gasteiger partial charge in [0.2, 0.25) is 0 Å². The van der Waals surface area contributed by atoms with Crippen molar-refractivity contribution in [3.8, 4) is 0 Å². The van der Waals surface area contributed by atoms with Crippen molar-refractivity contribution in [3.63, 3.8) is 0 Å². The molecule has 2 unspecified atom stereocenters. The summed E-state index contributed by atoms with van der Waals surface area (Å²) in [7, 11) is 0. The van der Waals surface area contributed by atoms with Crippen LogP contribution in [-0.4, -0.2) is 4.75 Å². The zero-order valence-corrected chi connectivity index (χ0v) is 11.1. The molecule has 0 aromatic carbocycles. The van der Waals surface area contributed by atoms with Gasteiger partial charge in [0, 0.05) is 4.75 Å². The molecule has 1 radical (unpaired) electrons. The van der Waals surface area contributed by atoms with E-state index in [0.717, 1.165) is 0 Å². The van der Waals surface area contributed by atoms with Crippen molar-refractivity contribution < 1.29 is 0 Å². The molecule has 0 heterocycles. The molecule has 0 saturated heterocycles. The Balaban J connectivity index is 4.34. The normalized spacial score (nSPS) is 20.1. The van der Waals surface area contributed by atoms with Crippen LogP contribution in [0.2, 0.25) is 0 Å². The zero-order chi connectivity index (χ0) is 10.9. The van der Waals surface area contributed by atoms with Crippen LogP contribution in [0.4, 0.5) is 0 Å². The monoisotopic (exact) mass is 201 g/mol. The van der Waals surface area contributed by atoms with Gasteiger partial charge in [-0.3, -0.25) is 0 Å². The third kappa shape index (κ3) is 4.39. The number of rotatable bonds is 3. The van der Waals surface area contributed by atoms with E-state index >= 15 is 0 Å². The highest BCUT2D eigenvalue weighted by Gasteiger charge is 2.33. The molecule has 0 spiro atoms. The topological polar surface area (TPSA) is 0 Å². The molecule has 0 saturated carbocycles. The van der Waals surface area contributed by atoms with Crippen LogP contribution in [0.5, 0.6) is 0 Å². The van der Waals surface area contributed by atoms with Gasteiger partial charge in [-0.05, 0) is 30.6 Å².